The van der Waals surface area contributed by atoms with Gasteiger partial charge in [-0.1, -0.05) is 0 Å². The number of nitrogens with zero attached hydrogens (tertiary/aromatic N) is 1. The maximum absolute atomic E-state index is 12.4. The zero-order valence-corrected chi connectivity index (χ0v) is 13.0. The number of hydrogen-bond donors (Lipinski definition) is 2. The molecule has 21 heavy (non-hydrogen) atoms. The molecule has 118 valence electrons. The van der Waals surface area contributed by atoms with Gasteiger partial charge in [-0.25, -0.2) is 16.8 Å². The van der Waals surface area contributed by atoms with Crippen LogP contribution in [-0.4, -0.2) is 62.9 Å². The highest BCUT2D eigenvalue weighted by molar-refractivity contribution is 7.90. The average molecular weight is 335 g/mol. The van der Waals surface area contributed by atoms with E-state index in [1.807, 2.05) is 0 Å². The van der Waals surface area contributed by atoms with Crippen LogP contribution in [0.25, 0.3) is 0 Å². The number of sulfonamides is 1. The molecule has 1 saturated heterocycles. The molecule has 1 aliphatic heterocycles. The maximum Gasteiger partial charge on any atom is 0.243 e. The Morgan fingerprint density at radius 3 is 2.00 bits per heavy atom. The Morgan fingerprint density at radius 2 is 1.52 bits per heavy atom. The number of β-amino-alcohol motifs (C(OH)–C–C–N with tert-alkyl or cyclic N) is 1. The van der Waals surface area contributed by atoms with Gasteiger partial charge in [-0.3, -0.25) is 0 Å². The number of aliphatic hydroxyl groups is 2. The molecule has 1 aromatic rings. The van der Waals surface area contributed by atoms with Crippen molar-refractivity contribution in [3.63, 3.8) is 0 Å². The van der Waals surface area contributed by atoms with Crippen LogP contribution >= 0.6 is 0 Å². The Balaban J connectivity index is 2.28. The Kier molecular flexibility index (Phi) is 4.41. The Labute approximate surface area is 123 Å². The number of benzene rings is 1. The third-order valence-electron chi connectivity index (χ3n) is 3.40. The zero-order valence-electron chi connectivity index (χ0n) is 11.4. The summed E-state index contributed by atoms with van der Waals surface area (Å²) in [5.74, 6) is 0. The minimum absolute atomic E-state index is 0.0375. The van der Waals surface area contributed by atoms with Crippen molar-refractivity contribution in [3.05, 3.63) is 24.3 Å². The lowest BCUT2D eigenvalue weighted by molar-refractivity contribution is -0.0191. The van der Waals surface area contributed by atoms with Crippen molar-refractivity contribution in [3.8, 4) is 0 Å². The first-order chi connectivity index (χ1) is 9.62. The van der Waals surface area contributed by atoms with E-state index in [0.29, 0.717) is 0 Å². The van der Waals surface area contributed by atoms with Crippen LogP contribution in [0.3, 0.4) is 0 Å². The number of aliphatic hydroxyl groups excluding tert-OH is 2. The lowest BCUT2D eigenvalue weighted by Crippen LogP contribution is -2.48. The summed E-state index contributed by atoms with van der Waals surface area (Å²) in [5.41, 5.74) is 0. The molecule has 9 heteroatoms. The molecule has 0 aliphatic carbocycles. The monoisotopic (exact) mass is 335 g/mol. The lowest BCUT2D eigenvalue weighted by Gasteiger charge is -2.32. The number of sulfone groups is 1. The fraction of sp³-hybridized carbons (Fsp3) is 0.500. The van der Waals surface area contributed by atoms with Crippen LogP contribution in [0.2, 0.25) is 0 Å². The summed E-state index contributed by atoms with van der Waals surface area (Å²) in [6, 6.07) is 4.92. The molecule has 2 atom stereocenters. The van der Waals surface area contributed by atoms with Gasteiger partial charge in [0.15, 0.2) is 9.84 Å². The summed E-state index contributed by atoms with van der Waals surface area (Å²) in [4.78, 5) is -0.00552. The fourth-order valence-electron chi connectivity index (χ4n) is 2.12. The van der Waals surface area contributed by atoms with Gasteiger partial charge in [0.1, 0.15) is 0 Å². The van der Waals surface area contributed by atoms with Gasteiger partial charge in [-0.05, 0) is 30.7 Å². The van der Waals surface area contributed by atoms with Gasteiger partial charge >= 0.3 is 0 Å². The van der Waals surface area contributed by atoms with E-state index in [4.69, 9.17) is 0 Å². The van der Waals surface area contributed by atoms with Gasteiger partial charge in [0.2, 0.25) is 10.0 Å². The van der Waals surface area contributed by atoms with Crippen LogP contribution in [0.15, 0.2) is 34.1 Å². The fourth-order valence-corrected chi connectivity index (χ4v) is 4.22. The minimum atomic E-state index is -3.81. The van der Waals surface area contributed by atoms with Crippen molar-refractivity contribution in [1.82, 2.24) is 4.31 Å². The van der Waals surface area contributed by atoms with E-state index in [1.165, 1.54) is 24.3 Å². The highest BCUT2D eigenvalue weighted by Crippen LogP contribution is 2.22. The van der Waals surface area contributed by atoms with Crippen LogP contribution in [0.1, 0.15) is 6.42 Å². The predicted molar refractivity (Wildman–Crippen MR) is 74.9 cm³/mol. The molecule has 1 fully saturated rings. The summed E-state index contributed by atoms with van der Waals surface area (Å²) >= 11 is 0. The second-order valence-corrected chi connectivity index (χ2v) is 8.98. The van der Waals surface area contributed by atoms with Crippen molar-refractivity contribution in [2.75, 3.05) is 19.3 Å². The highest BCUT2D eigenvalue weighted by Gasteiger charge is 2.33. The van der Waals surface area contributed by atoms with E-state index >= 15 is 0 Å². The third-order valence-corrected chi connectivity index (χ3v) is 6.41. The quantitative estimate of drug-likeness (QED) is 0.748. The minimum Gasteiger partial charge on any atom is -0.390 e. The smallest absolute Gasteiger partial charge is 0.243 e. The first-order valence-electron chi connectivity index (χ1n) is 6.29. The summed E-state index contributed by atoms with van der Waals surface area (Å²) in [6.07, 6.45) is -0.853. The third kappa shape index (κ3) is 3.43. The van der Waals surface area contributed by atoms with Crippen molar-refractivity contribution in [2.24, 2.45) is 0 Å². The molecule has 2 N–H and O–H groups in total. The second-order valence-electron chi connectivity index (χ2n) is 5.03. The van der Waals surface area contributed by atoms with E-state index in [0.717, 1.165) is 10.6 Å². The van der Waals surface area contributed by atoms with Gasteiger partial charge in [-0.2, -0.15) is 4.31 Å². The number of hydrogen-bond acceptors (Lipinski definition) is 6. The van der Waals surface area contributed by atoms with Gasteiger partial charge in [-0.15, -0.1) is 0 Å². The van der Waals surface area contributed by atoms with Crippen LogP contribution in [0.4, 0.5) is 0 Å². The standard InChI is InChI=1S/C12H17NO6S2/c1-20(16,17)9-2-4-10(5-3-9)21(18,19)13-7-6-11(14)12(15)8-13/h2-5,11-12,14-15H,6-8H2,1H3/t11-,12+/m0/s1. The highest BCUT2D eigenvalue weighted by atomic mass is 32.2. The number of piperidine rings is 1. The van der Waals surface area contributed by atoms with Gasteiger partial charge in [0.25, 0.3) is 0 Å². The average Bonchev–Trinajstić information content (AvgIpc) is 2.41. The molecular weight excluding hydrogens is 318 g/mol. The molecule has 0 saturated carbocycles. The topological polar surface area (TPSA) is 112 Å². The molecule has 0 unspecified atom stereocenters. The second kappa shape index (κ2) is 5.65. The lowest BCUT2D eigenvalue weighted by atomic mass is 10.1. The van der Waals surface area contributed by atoms with Gasteiger partial charge in [0.05, 0.1) is 22.0 Å². The SMILES string of the molecule is CS(=O)(=O)c1ccc(S(=O)(=O)N2CC[C@H](O)[C@H](O)C2)cc1. The van der Waals surface area contributed by atoms with E-state index in [1.54, 1.807) is 0 Å². The van der Waals surface area contributed by atoms with Crippen LogP contribution in [0, 0.1) is 0 Å². The van der Waals surface area contributed by atoms with Crippen molar-refractivity contribution < 1.29 is 27.0 Å². The Bertz CT molecular complexity index is 711. The Morgan fingerprint density at radius 1 is 1.00 bits per heavy atom. The number of rotatable bonds is 3. The molecule has 0 bridgehead atoms. The van der Waals surface area contributed by atoms with E-state index in [2.05, 4.69) is 0 Å². The van der Waals surface area contributed by atoms with Crippen LogP contribution < -0.4 is 0 Å². The van der Waals surface area contributed by atoms with Crippen LogP contribution in [-0.2, 0) is 19.9 Å². The molecule has 7 nitrogen and oxygen atoms in total. The van der Waals surface area contributed by atoms with Crippen molar-refractivity contribution in [1.29, 1.82) is 0 Å². The molecule has 1 aliphatic rings. The Hall–Kier alpha value is -1.00. The van der Waals surface area contributed by atoms with Crippen molar-refractivity contribution in [2.45, 2.75) is 28.4 Å². The summed E-state index contributed by atoms with van der Waals surface area (Å²) in [7, 11) is -7.20. The summed E-state index contributed by atoms with van der Waals surface area (Å²) < 4.78 is 48.6. The molecule has 0 aromatic heterocycles. The first-order valence-corrected chi connectivity index (χ1v) is 9.62. The largest absolute Gasteiger partial charge is 0.390 e. The molecule has 0 spiro atoms. The first kappa shape index (κ1) is 16.4. The molecule has 0 radical (unpaired) electrons. The summed E-state index contributed by atoms with van der Waals surface area (Å²) in [6.45, 7) is -0.0777. The van der Waals surface area contributed by atoms with Gasteiger partial charge < -0.3 is 10.2 Å². The van der Waals surface area contributed by atoms with E-state index in [-0.39, 0.29) is 29.3 Å². The van der Waals surface area contributed by atoms with Crippen molar-refractivity contribution >= 4 is 19.9 Å². The molecular formula is C12H17NO6S2. The molecule has 2 rings (SSSR count). The zero-order chi connectivity index (χ0) is 15.8. The van der Waals surface area contributed by atoms with Crippen LogP contribution in [0.5, 0.6) is 0 Å². The molecule has 0 amide bonds. The summed E-state index contributed by atoms with van der Waals surface area (Å²) in [5, 5.41) is 19.0. The predicted octanol–water partition coefficient (Wildman–Crippen LogP) is -0.794. The van der Waals surface area contributed by atoms with E-state index < -0.39 is 32.1 Å². The molecule has 1 aromatic carbocycles. The van der Waals surface area contributed by atoms with E-state index in [9.17, 15) is 27.0 Å². The normalized spacial score (nSPS) is 24.9. The maximum atomic E-state index is 12.4. The van der Waals surface area contributed by atoms with Gasteiger partial charge in [0, 0.05) is 19.3 Å². The molecule has 1 heterocycles.